The molecule has 0 aromatic carbocycles. The van der Waals surface area contributed by atoms with E-state index >= 15 is 0 Å². The van der Waals surface area contributed by atoms with Gasteiger partial charge in [-0.25, -0.2) is 4.98 Å². The number of hydrogen-bond donors (Lipinski definition) is 1. The van der Waals surface area contributed by atoms with Gasteiger partial charge < -0.3 is 24.6 Å². The summed E-state index contributed by atoms with van der Waals surface area (Å²) in [5.41, 5.74) is 0. The monoisotopic (exact) mass is 361 g/mol. The van der Waals surface area contributed by atoms with Gasteiger partial charge in [0.25, 0.3) is 0 Å². The van der Waals surface area contributed by atoms with Crippen LogP contribution in [0.4, 0.5) is 5.82 Å². The van der Waals surface area contributed by atoms with Gasteiger partial charge in [0.15, 0.2) is 5.96 Å². The molecule has 2 fully saturated rings. The van der Waals surface area contributed by atoms with Crippen molar-refractivity contribution in [1.82, 2.24) is 15.2 Å². The van der Waals surface area contributed by atoms with E-state index in [0.29, 0.717) is 6.10 Å². The van der Waals surface area contributed by atoms with Gasteiger partial charge in [-0.05, 0) is 31.4 Å². The molecular weight excluding hydrogens is 330 g/mol. The van der Waals surface area contributed by atoms with Gasteiger partial charge in [-0.15, -0.1) is 0 Å². The summed E-state index contributed by atoms with van der Waals surface area (Å²) in [6.07, 6.45) is 5.27. The minimum atomic E-state index is 0.378. The van der Waals surface area contributed by atoms with Crippen molar-refractivity contribution in [2.45, 2.75) is 25.4 Å². The van der Waals surface area contributed by atoms with Gasteiger partial charge in [-0.2, -0.15) is 0 Å². The second-order valence-electron chi connectivity index (χ2n) is 6.67. The number of aromatic nitrogens is 1. The van der Waals surface area contributed by atoms with E-state index in [9.17, 15) is 0 Å². The molecule has 0 saturated carbocycles. The molecule has 7 heteroatoms. The van der Waals surface area contributed by atoms with Gasteiger partial charge in [0.1, 0.15) is 5.82 Å². The fraction of sp³-hybridized carbons (Fsp3) is 0.684. The van der Waals surface area contributed by atoms with E-state index in [-0.39, 0.29) is 0 Å². The molecule has 0 atom stereocenters. The maximum Gasteiger partial charge on any atom is 0.193 e. The Hall–Kier alpha value is -1.86. The van der Waals surface area contributed by atoms with E-state index in [4.69, 9.17) is 9.47 Å². The number of rotatable bonds is 6. The minimum Gasteiger partial charge on any atom is -0.381 e. The molecule has 0 bridgehead atoms. The van der Waals surface area contributed by atoms with Gasteiger partial charge in [-0.3, -0.25) is 4.99 Å². The smallest absolute Gasteiger partial charge is 0.193 e. The van der Waals surface area contributed by atoms with Crippen LogP contribution in [0.2, 0.25) is 0 Å². The summed E-state index contributed by atoms with van der Waals surface area (Å²) in [5.74, 6) is 2.04. The second-order valence-corrected chi connectivity index (χ2v) is 6.67. The molecule has 2 aliphatic rings. The third-order valence-corrected chi connectivity index (χ3v) is 4.89. The Balaban J connectivity index is 1.33. The normalized spacial score (nSPS) is 19.7. The number of nitrogens with zero attached hydrogens (tertiary/aromatic N) is 4. The Morgan fingerprint density at radius 3 is 2.77 bits per heavy atom. The first-order valence-corrected chi connectivity index (χ1v) is 9.68. The van der Waals surface area contributed by atoms with Crippen molar-refractivity contribution >= 4 is 11.8 Å². The van der Waals surface area contributed by atoms with E-state index in [1.165, 1.54) is 0 Å². The van der Waals surface area contributed by atoms with E-state index < -0.39 is 0 Å². The van der Waals surface area contributed by atoms with Crippen molar-refractivity contribution < 1.29 is 9.47 Å². The molecule has 7 nitrogen and oxygen atoms in total. The van der Waals surface area contributed by atoms with Crippen LogP contribution in [0.1, 0.15) is 19.3 Å². The third-order valence-electron chi connectivity index (χ3n) is 4.89. The van der Waals surface area contributed by atoms with Crippen LogP contribution in [-0.4, -0.2) is 81.5 Å². The van der Waals surface area contributed by atoms with Crippen LogP contribution in [0.3, 0.4) is 0 Å². The SMILES string of the molecule is CN=C(NCCCOC1CCOCC1)N1CCN(c2ccccn2)CC1. The Morgan fingerprint density at radius 2 is 2.08 bits per heavy atom. The number of pyridine rings is 1. The van der Waals surface area contributed by atoms with Crippen molar-refractivity contribution in [2.24, 2.45) is 4.99 Å². The highest BCUT2D eigenvalue weighted by Crippen LogP contribution is 2.13. The zero-order valence-corrected chi connectivity index (χ0v) is 15.8. The van der Waals surface area contributed by atoms with Gasteiger partial charge in [0, 0.05) is 65.8 Å². The largest absolute Gasteiger partial charge is 0.381 e. The van der Waals surface area contributed by atoms with E-state index in [1.807, 2.05) is 25.4 Å². The van der Waals surface area contributed by atoms with Gasteiger partial charge in [-0.1, -0.05) is 6.07 Å². The third kappa shape index (κ3) is 5.57. The molecule has 0 aliphatic carbocycles. The standard InChI is InChI=1S/C19H31N5O2/c1-20-19(22-9-4-14-26-17-6-15-25-16-7-17)24-12-10-23(11-13-24)18-5-2-3-8-21-18/h2-3,5,8,17H,4,6-7,9-16H2,1H3,(H,20,22). The Labute approximate surface area is 156 Å². The highest BCUT2D eigenvalue weighted by atomic mass is 16.5. The summed E-state index contributed by atoms with van der Waals surface area (Å²) in [7, 11) is 1.85. The van der Waals surface area contributed by atoms with Crippen molar-refractivity contribution in [3.8, 4) is 0 Å². The van der Waals surface area contributed by atoms with Gasteiger partial charge >= 0.3 is 0 Å². The summed E-state index contributed by atoms with van der Waals surface area (Å²) in [6, 6.07) is 6.07. The van der Waals surface area contributed by atoms with E-state index in [0.717, 1.165) is 83.6 Å². The number of anilines is 1. The van der Waals surface area contributed by atoms with Gasteiger partial charge in [0.05, 0.1) is 6.10 Å². The summed E-state index contributed by atoms with van der Waals surface area (Å²) >= 11 is 0. The lowest BCUT2D eigenvalue weighted by Crippen LogP contribution is -2.52. The van der Waals surface area contributed by atoms with Crippen molar-refractivity contribution in [3.63, 3.8) is 0 Å². The molecule has 26 heavy (non-hydrogen) atoms. The van der Waals surface area contributed by atoms with Crippen molar-refractivity contribution in [1.29, 1.82) is 0 Å². The molecule has 2 saturated heterocycles. The molecule has 0 spiro atoms. The fourth-order valence-electron chi connectivity index (χ4n) is 3.39. The molecule has 1 aromatic rings. The first-order valence-electron chi connectivity index (χ1n) is 9.68. The molecule has 0 unspecified atom stereocenters. The molecule has 1 N–H and O–H groups in total. The Kier molecular flexibility index (Phi) is 7.51. The number of nitrogens with one attached hydrogen (secondary N) is 1. The number of ether oxygens (including phenoxy) is 2. The average Bonchev–Trinajstić information content (AvgIpc) is 2.72. The predicted molar refractivity (Wildman–Crippen MR) is 104 cm³/mol. The maximum atomic E-state index is 5.92. The molecule has 2 aliphatic heterocycles. The summed E-state index contributed by atoms with van der Waals surface area (Å²) in [4.78, 5) is 13.5. The molecule has 0 radical (unpaired) electrons. The number of aliphatic imine (C=N–C) groups is 1. The van der Waals surface area contributed by atoms with Crippen LogP contribution in [0.25, 0.3) is 0 Å². The molecule has 3 heterocycles. The highest BCUT2D eigenvalue weighted by Gasteiger charge is 2.20. The summed E-state index contributed by atoms with van der Waals surface area (Å²) < 4.78 is 11.3. The highest BCUT2D eigenvalue weighted by molar-refractivity contribution is 5.80. The first-order chi connectivity index (χ1) is 12.9. The number of hydrogen-bond acceptors (Lipinski definition) is 5. The Bertz CT molecular complexity index is 540. The molecule has 1 aromatic heterocycles. The molecule has 144 valence electrons. The molecule has 0 amide bonds. The van der Waals surface area contributed by atoms with Crippen molar-refractivity contribution in [2.75, 3.05) is 64.5 Å². The van der Waals surface area contributed by atoms with Crippen LogP contribution in [0.15, 0.2) is 29.4 Å². The van der Waals surface area contributed by atoms with E-state index in [1.54, 1.807) is 0 Å². The topological polar surface area (TPSA) is 62.2 Å². The summed E-state index contributed by atoms with van der Waals surface area (Å²) in [5, 5.41) is 3.47. The molecule has 3 rings (SSSR count). The van der Waals surface area contributed by atoms with Crippen LogP contribution >= 0.6 is 0 Å². The zero-order chi connectivity index (χ0) is 18.0. The van der Waals surface area contributed by atoms with Crippen LogP contribution in [-0.2, 0) is 9.47 Å². The maximum absolute atomic E-state index is 5.92. The fourth-order valence-corrected chi connectivity index (χ4v) is 3.39. The van der Waals surface area contributed by atoms with Crippen molar-refractivity contribution in [3.05, 3.63) is 24.4 Å². The summed E-state index contributed by atoms with van der Waals surface area (Å²) in [6.45, 7) is 7.18. The number of guanidine groups is 1. The quantitative estimate of drug-likeness (QED) is 0.469. The lowest BCUT2D eigenvalue weighted by atomic mass is 10.1. The second kappa shape index (κ2) is 10.3. The van der Waals surface area contributed by atoms with Crippen LogP contribution < -0.4 is 10.2 Å². The predicted octanol–water partition coefficient (Wildman–Crippen LogP) is 1.36. The van der Waals surface area contributed by atoms with Crippen LogP contribution in [0.5, 0.6) is 0 Å². The Morgan fingerprint density at radius 1 is 1.27 bits per heavy atom. The number of piperazine rings is 1. The van der Waals surface area contributed by atoms with Gasteiger partial charge in [0.2, 0.25) is 0 Å². The van der Waals surface area contributed by atoms with Crippen LogP contribution in [0, 0.1) is 0 Å². The van der Waals surface area contributed by atoms with E-state index in [2.05, 4.69) is 31.2 Å². The minimum absolute atomic E-state index is 0.378. The lowest BCUT2D eigenvalue weighted by molar-refractivity contribution is -0.0320. The first kappa shape index (κ1) is 18.9. The zero-order valence-electron chi connectivity index (χ0n) is 15.8. The molecular formula is C19H31N5O2. The average molecular weight is 361 g/mol. The lowest BCUT2D eigenvalue weighted by Gasteiger charge is -2.37.